The van der Waals surface area contributed by atoms with Gasteiger partial charge in [0.05, 0.1) is 16.1 Å². The van der Waals surface area contributed by atoms with Gasteiger partial charge < -0.3 is 15.5 Å². The third-order valence-electron chi connectivity index (χ3n) is 4.25. The van der Waals surface area contributed by atoms with Crippen molar-refractivity contribution in [3.63, 3.8) is 0 Å². The summed E-state index contributed by atoms with van der Waals surface area (Å²) < 4.78 is 13.8. The Labute approximate surface area is 132 Å². The van der Waals surface area contributed by atoms with E-state index in [-0.39, 0.29) is 16.5 Å². The molecule has 22 heavy (non-hydrogen) atoms. The molecular formula is C15H17ClFN3O2. The minimum atomic E-state index is -0.693. The van der Waals surface area contributed by atoms with Crippen LogP contribution in [-0.4, -0.2) is 53.3 Å². The van der Waals surface area contributed by atoms with Crippen molar-refractivity contribution < 1.29 is 14.0 Å². The number of nitrogens with zero attached hydrogens (tertiary/aromatic N) is 2. The lowest BCUT2D eigenvalue weighted by Gasteiger charge is -2.36. The first-order valence-electron chi connectivity index (χ1n) is 7.24. The number of hydrogen-bond donors (Lipinski definition) is 1. The second-order valence-electron chi connectivity index (χ2n) is 5.84. The predicted molar refractivity (Wildman–Crippen MR) is 80.0 cm³/mol. The zero-order valence-electron chi connectivity index (χ0n) is 12.0. The Balaban J connectivity index is 1.66. The number of hydrogen-bond acceptors (Lipinski definition) is 3. The van der Waals surface area contributed by atoms with Crippen molar-refractivity contribution in [3.05, 3.63) is 34.6 Å². The highest BCUT2D eigenvalue weighted by Gasteiger charge is 2.48. The molecule has 1 aliphatic carbocycles. The maximum atomic E-state index is 13.8. The van der Waals surface area contributed by atoms with E-state index in [9.17, 15) is 14.0 Å². The Morgan fingerprint density at radius 1 is 1.14 bits per heavy atom. The normalized spacial score (nSPS) is 20.0. The third-order valence-corrected chi connectivity index (χ3v) is 4.56. The van der Waals surface area contributed by atoms with Gasteiger partial charge in [0.1, 0.15) is 5.82 Å². The molecule has 0 bridgehead atoms. The first-order valence-corrected chi connectivity index (χ1v) is 7.62. The molecule has 2 amide bonds. The van der Waals surface area contributed by atoms with Crippen LogP contribution in [0.5, 0.6) is 0 Å². The highest BCUT2D eigenvalue weighted by atomic mass is 35.5. The van der Waals surface area contributed by atoms with Crippen molar-refractivity contribution in [2.24, 2.45) is 5.73 Å². The van der Waals surface area contributed by atoms with E-state index in [1.54, 1.807) is 4.90 Å². The van der Waals surface area contributed by atoms with Gasteiger partial charge in [0.25, 0.3) is 5.91 Å². The maximum absolute atomic E-state index is 13.8. The van der Waals surface area contributed by atoms with Gasteiger partial charge in [-0.25, -0.2) is 4.39 Å². The van der Waals surface area contributed by atoms with Crippen LogP contribution in [0.4, 0.5) is 4.39 Å². The van der Waals surface area contributed by atoms with Crippen LogP contribution in [0.1, 0.15) is 23.2 Å². The number of halogens is 2. The number of amides is 2. The summed E-state index contributed by atoms with van der Waals surface area (Å²) in [5.41, 5.74) is 5.10. The predicted octanol–water partition coefficient (Wildman–Crippen LogP) is 1.25. The topological polar surface area (TPSA) is 66.6 Å². The van der Waals surface area contributed by atoms with E-state index in [2.05, 4.69) is 0 Å². The largest absolute Gasteiger partial charge is 0.338 e. The summed E-state index contributed by atoms with van der Waals surface area (Å²) in [6.07, 6.45) is 1.44. The van der Waals surface area contributed by atoms with E-state index < -0.39 is 17.3 Å². The molecule has 1 aromatic rings. The van der Waals surface area contributed by atoms with E-state index in [0.29, 0.717) is 26.2 Å². The molecule has 0 unspecified atom stereocenters. The summed E-state index contributed by atoms with van der Waals surface area (Å²) in [5, 5.41) is 0.0994. The second-order valence-corrected chi connectivity index (χ2v) is 6.24. The highest BCUT2D eigenvalue weighted by molar-refractivity contribution is 6.33. The number of carbonyl (C=O) groups is 2. The molecule has 5 nitrogen and oxygen atoms in total. The molecule has 1 aromatic carbocycles. The van der Waals surface area contributed by atoms with E-state index >= 15 is 0 Å². The number of nitrogens with two attached hydrogens (primary N) is 1. The fourth-order valence-corrected chi connectivity index (χ4v) is 2.88. The van der Waals surface area contributed by atoms with Gasteiger partial charge in [-0.1, -0.05) is 17.7 Å². The molecule has 2 N–H and O–H groups in total. The summed E-state index contributed by atoms with van der Waals surface area (Å²) in [6, 6.07) is 4.16. The van der Waals surface area contributed by atoms with Gasteiger partial charge in [-0.05, 0) is 25.0 Å². The molecule has 118 valence electrons. The lowest BCUT2D eigenvalue weighted by atomic mass is 10.1. The molecule has 1 saturated carbocycles. The van der Waals surface area contributed by atoms with Crippen molar-refractivity contribution in [2.75, 3.05) is 26.2 Å². The second kappa shape index (κ2) is 5.52. The first kappa shape index (κ1) is 15.2. The van der Waals surface area contributed by atoms with Gasteiger partial charge in [0.15, 0.2) is 0 Å². The SMILES string of the molecule is NC1(C(=O)N2CCN(C(=O)c3c(F)cccc3Cl)CC2)CC1. The fraction of sp³-hybridized carbons (Fsp3) is 0.467. The van der Waals surface area contributed by atoms with Gasteiger partial charge >= 0.3 is 0 Å². The van der Waals surface area contributed by atoms with Gasteiger partial charge in [-0.15, -0.1) is 0 Å². The Morgan fingerprint density at radius 2 is 1.73 bits per heavy atom. The number of rotatable bonds is 2. The van der Waals surface area contributed by atoms with E-state index in [4.69, 9.17) is 17.3 Å². The summed E-state index contributed by atoms with van der Waals surface area (Å²) in [6.45, 7) is 1.53. The lowest BCUT2D eigenvalue weighted by molar-refractivity contribution is -0.135. The molecule has 2 aliphatic rings. The average Bonchev–Trinajstić information content (AvgIpc) is 3.25. The van der Waals surface area contributed by atoms with Crippen LogP contribution in [0.15, 0.2) is 18.2 Å². The zero-order valence-corrected chi connectivity index (χ0v) is 12.8. The lowest BCUT2D eigenvalue weighted by Crippen LogP contribution is -2.55. The molecule has 0 atom stereocenters. The van der Waals surface area contributed by atoms with Crippen molar-refractivity contribution in [1.29, 1.82) is 0 Å². The molecule has 1 saturated heterocycles. The van der Waals surface area contributed by atoms with Crippen molar-refractivity contribution >= 4 is 23.4 Å². The molecule has 2 fully saturated rings. The monoisotopic (exact) mass is 325 g/mol. The van der Waals surface area contributed by atoms with Crippen LogP contribution < -0.4 is 5.73 Å². The molecular weight excluding hydrogens is 309 g/mol. The van der Waals surface area contributed by atoms with Crippen LogP contribution in [0.3, 0.4) is 0 Å². The van der Waals surface area contributed by atoms with Gasteiger partial charge in [-0.2, -0.15) is 0 Å². The van der Waals surface area contributed by atoms with Gasteiger partial charge in [0, 0.05) is 26.2 Å². The van der Waals surface area contributed by atoms with Crippen LogP contribution in [0, 0.1) is 5.82 Å². The van der Waals surface area contributed by atoms with Gasteiger partial charge in [0.2, 0.25) is 5.91 Å². The molecule has 3 rings (SSSR count). The standard InChI is InChI=1S/C15H17ClFN3O2/c16-10-2-1-3-11(17)12(10)13(21)19-6-8-20(9-7-19)14(22)15(18)4-5-15/h1-3H,4-9,18H2. The zero-order chi connectivity index (χ0) is 15.9. The van der Waals surface area contributed by atoms with Crippen LogP contribution >= 0.6 is 11.6 Å². The quantitative estimate of drug-likeness (QED) is 0.890. The number of piperazine rings is 1. The maximum Gasteiger partial charge on any atom is 0.258 e. The van der Waals surface area contributed by atoms with Gasteiger partial charge in [-0.3, -0.25) is 9.59 Å². The van der Waals surface area contributed by atoms with E-state index in [1.165, 1.54) is 23.1 Å². The summed E-state index contributed by atoms with van der Waals surface area (Å²) in [7, 11) is 0. The average molecular weight is 326 g/mol. The summed E-state index contributed by atoms with van der Waals surface area (Å²) >= 11 is 5.92. The first-order chi connectivity index (χ1) is 10.4. The molecule has 0 spiro atoms. The van der Waals surface area contributed by atoms with E-state index in [1.807, 2.05) is 0 Å². The third kappa shape index (κ3) is 2.68. The van der Waals surface area contributed by atoms with Crippen molar-refractivity contribution in [1.82, 2.24) is 9.80 Å². The number of carbonyl (C=O) groups excluding carboxylic acids is 2. The summed E-state index contributed by atoms with van der Waals surface area (Å²) in [4.78, 5) is 27.8. The highest BCUT2D eigenvalue weighted by Crippen LogP contribution is 2.34. The molecule has 0 radical (unpaired) electrons. The smallest absolute Gasteiger partial charge is 0.258 e. The fourth-order valence-electron chi connectivity index (χ4n) is 2.64. The van der Waals surface area contributed by atoms with Crippen molar-refractivity contribution in [3.8, 4) is 0 Å². The van der Waals surface area contributed by atoms with Crippen LogP contribution in [0.25, 0.3) is 0 Å². The number of benzene rings is 1. The minimum Gasteiger partial charge on any atom is -0.338 e. The Kier molecular flexibility index (Phi) is 3.82. The molecule has 1 heterocycles. The summed E-state index contributed by atoms with van der Waals surface area (Å²) in [5.74, 6) is -1.12. The van der Waals surface area contributed by atoms with E-state index in [0.717, 1.165) is 12.8 Å². The Hall–Kier alpha value is -1.66. The molecule has 7 heteroatoms. The minimum absolute atomic E-state index is 0.0523. The van der Waals surface area contributed by atoms with Crippen molar-refractivity contribution in [2.45, 2.75) is 18.4 Å². The Bertz CT molecular complexity index is 605. The molecule has 0 aromatic heterocycles. The Morgan fingerprint density at radius 3 is 2.27 bits per heavy atom. The molecule has 1 aliphatic heterocycles. The van der Waals surface area contributed by atoms with Crippen LogP contribution in [-0.2, 0) is 4.79 Å². The van der Waals surface area contributed by atoms with Crippen LogP contribution in [0.2, 0.25) is 5.02 Å².